The lowest BCUT2D eigenvalue weighted by atomic mass is 9.82. The van der Waals surface area contributed by atoms with E-state index in [1.54, 1.807) is 0 Å². The molecule has 0 aliphatic heterocycles. The van der Waals surface area contributed by atoms with Gasteiger partial charge in [-0.05, 0) is 25.7 Å². The molecule has 0 amide bonds. The summed E-state index contributed by atoms with van der Waals surface area (Å²) < 4.78 is 21.8. The predicted octanol–water partition coefficient (Wildman–Crippen LogP) is 1.93. The summed E-state index contributed by atoms with van der Waals surface area (Å²) in [4.78, 5) is 0. The van der Waals surface area contributed by atoms with Gasteiger partial charge in [0.2, 0.25) is 11.3 Å². The van der Waals surface area contributed by atoms with E-state index >= 15 is 0 Å². The molecule has 0 aromatic heterocycles. The van der Waals surface area contributed by atoms with Gasteiger partial charge in [-0.15, -0.1) is 0 Å². The van der Waals surface area contributed by atoms with Crippen LogP contribution in [0, 0.1) is 5.41 Å². The van der Waals surface area contributed by atoms with Gasteiger partial charge in [-0.3, -0.25) is 4.55 Å². The van der Waals surface area contributed by atoms with Crippen molar-refractivity contribution in [3.63, 3.8) is 0 Å². The van der Waals surface area contributed by atoms with Gasteiger partial charge in [0.15, 0.2) is 0 Å². The van der Waals surface area contributed by atoms with Crippen LogP contribution in [-0.4, -0.2) is 14.3 Å². The Morgan fingerprint density at radius 3 is 1.92 bits per heavy atom. The molecule has 0 fully saturated rings. The predicted molar refractivity (Wildman–Crippen MR) is 52.1 cm³/mol. The van der Waals surface area contributed by atoms with Crippen LogP contribution in [0.4, 0.5) is 0 Å². The number of hydrogen-bond acceptors (Lipinski definition) is 1. The van der Waals surface area contributed by atoms with Crippen LogP contribution in [0.5, 0.6) is 0 Å². The molecular formula is C8H19NO2S. The van der Waals surface area contributed by atoms with Crippen LogP contribution in [0.15, 0.2) is 0 Å². The summed E-state index contributed by atoms with van der Waals surface area (Å²) in [6, 6.07) is 0. The maximum absolute atomic E-state index is 10.5. The zero-order valence-electron chi connectivity index (χ0n) is 8.47. The SMILES string of the molecule is CC(C)(C)CC(C)(C)NS(=O)O. The molecule has 0 aromatic rings. The summed E-state index contributed by atoms with van der Waals surface area (Å²) in [6.45, 7) is 10.2. The van der Waals surface area contributed by atoms with Crippen molar-refractivity contribution < 1.29 is 8.76 Å². The lowest BCUT2D eigenvalue weighted by Gasteiger charge is -2.31. The van der Waals surface area contributed by atoms with Gasteiger partial charge in [-0.1, -0.05) is 20.8 Å². The lowest BCUT2D eigenvalue weighted by molar-refractivity contribution is 0.268. The average molecular weight is 193 g/mol. The molecule has 0 spiro atoms. The molecule has 4 heteroatoms. The summed E-state index contributed by atoms with van der Waals surface area (Å²) in [5.74, 6) is 0. The standard InChI is InChI=1S/C8H19NO2S/c1-7(2,3)6-8(4,5)9-12(10)11/h9H,6H2,1-5H3,(H,10,11). The summed E-state index contributed by atoms with van der Waals surface area (Å²) in [7, 11) is 0. The van der Waals surface area contributed by atoms with Crippen molar-refractivity contribution in [2.45, 2.75) is 46.6 Å². The van der Waals surface area contributed by atoms with Gasteiger partial charge < -0.3 is 0 Å². The fourth-order valence-electron chi connectivity index (χ4n) is 1.60. The zero-order chi connectivity index (χ0) is 9.99. The lowest BCUT2D eigenvalue weighted by Crippen LogP contribution is -2.43. The molecule has 0 radical (unpaired) electrons. The average Bonchev–Trinajstić information content (AvgIpc) is 1.48. The number of nitrogens with one attached hydrogen (secondary N) is 1. The molecule has 1 atom stereocenters. The first-order valence-electron chi connectivity index (χ1n) is 4.01. The minimum absolute atomic E-state index is 0.163. The van der Waals surface area contributed by atoms with Gasteiger partial charge in [0.25, 0.3) is 0 Å². The Morgan fingerprint density at radius 1 is 1.25 bits per heavy atom. The van der Waals surface area contributed by atoms with Crippen LogP contribution >= 0.6 is 0 Å². The van der Waals surface area contributed by atoms with E-state index in [1.807, 2.05) is 13.8 Å². The maximum Gasteiger partial charge on any atom is 0.232 e. The molecule has 2 N–H and O–H groups in total. The van der Waals surface area contributed by atoms with Crippen LogP contribution in [-0.2, 0) is 11.3 Å². The third-order valence-electron chi connectivity index (χ3n) is 1.34. The highest BCUT2D eigenvalue weighted by atomic mass is 32.2. The fraction of sp³-hybridized carbons (Fsp3) is 1.00. The Balaban J connectivity index is 4.13. The quantitative estimate of drug-likeness (QED) is 0.673. The van der Waals surface area contributed by atoms with Crippen LogP contribution in [0.2, 0.25) is 0 Å². The van der Waals surface area contributed by atoms with Crippen LogP contribution in [0.3, 0.4) is 0 Å². The Bertz CT molecular complexity index is 172. The molecule has 0 rings (SSSR count). The smallest absolute Gasteiger partial charge is 0.232 e. The normalized spacial score (nSPS) is 16.2. The Morgan fingerprint density at radius 2 is 1.67 bits per heavy atom. The minimum atomic E-state index is -1.92. The van der Waals surface area contributed by atoms with E-state index in [1.165, 1.54) is 0 Å². The highest BCUT2D eigenvalue weighted by Crippen LogP contribution is 2.26. The van der Waals surface area contributed by atoms with Crippen LogP contribution in [0.1, 0.15) is 41.0 Å². The van der Waals surface area contributed by atoms with Gasteiger partial charge in [-0.2, -0.15) is 0 Å². The van der Waals surface area contributed by atoms with Crippen molar-refractivity contribution in [3.05, 3.63) is 0 Å². The number of rotatable bonds is 3. The second-order valence-electron chi connectivity index (χ2n) is 4.97. The highest BCUT2D eigenvalue weighted by Gasteiger charge is 2.26. The molecule has 0 bridgehead atoms. The maximum atomic E-state index is 10.5. The van der Waals surface area contributed by atoms with E-state index in [-0.39, 0.29) is 11.0 Å². The van der Waals surface area contributed by atoms with Gasteiger partial charge >= 0.3 is 0 Å². The Labute approximate surface area is 77.4 Å². The molecule has 0 aliphatic rings. The first kappa shape index (κ1) is 12.1. The molecule has 3 nitrogen and oxygen atoms in total. The van der Waals surface area contributed by atoms with E-state index in [9.17, 15) is 4.21 Å². The van der Waals surface area contributed by atoms with Gasteiger partial charge in [0, 0.05) is 5.54 Å². The van der Waals surface area contributed by atoms with Crippen molar-refractivity contribution in [1.29, 1.82) is 0 Å². The second kappa shape index (κ2) is 3.85. The fourth-order valence-corrected chi connectivity index (χ4v) is 2.14. The minimum Gasteiger partial charge on any atom is -0.294 e. The summed E-state index contributed by atoms with van der Waals surface area (Å²) in [5.41, 5.74) is -0.131. The van der Waals surface area contributed by atoms with E-state index in [4.69, 9.17) is 4.55 Å². The zero-order valence-corrected chi connectivity index (χ0v) is 9.29. The van der Waals surface area contributed by atoms with E-state index in [0.29, 0.717) is 0 Å². The molecule has 0 heterocycles. The van der Waals surface area contributed by atoms with E-state index < -0.39 is 11.3 Å². The molecule has 0 aliphatic carbocycles. The van der Waals surface area contributed by atoms with Gasteiger partial charge in [0.05, 0.1) is 0 Å². The van der Waals surface area contributed by atoms with Gasteiger partial charge in [0.1, 0.15) is 0 Å². The first-order valence-corrected chi connectivity index (χ1v) is 5.12. The van der Waals surface area contributed by atoms with Crippen molar-refractivity contribution in [2.24, 2.45) is 5.41 Å². The van der Waals surface area contributed by atoms with Gasteiger partial charge in [-0.25, -0.2) is 8.93 Å². The van der Waals surface area contributed by atoms with E-state index in [2.05, 4.69) is 25.5 Å². The molecule has 12 heavy (non-hydrogen) atoms. The Hall–Kier alpha value is 0.0700. The monoisotopic (exact) mass is 193 g/mol. The molecular weight excluding hydrogens is 174 g/mol. The van der Waals surface area contributed by atoms with Crippen LogP contribution in [0.25, 0.3) is 0 Å². The first-order chi connectivity index (χ1) is 5.12. The molecule has 1 unspecified atom stereocenters. The molecule has 0 saturated heterocycles. The second-order valence-corrected chi connectivity index (χ2v) is 5.67. The number of hydrogen-bond donors (Lipinski definition) is 2. The Kier molecular flexibility index (Phi) is 3.87. The third kappa shape index (κ3) is 6.76. The molecule has 0 saturated carbocycles. The van der Waals surface area contributed by atoms with Crippen molar-refractivity contribution in [1.82, 2.24) is 4.72 Å². The summed E-state index contributed by atoms with van der Waals surface area (Å²) >= 11 is -1.92. The topological polar surface area (TPSA) is 49.3 Å². The highest BCUT2D eigenvalue weighted by molar-refractivity contribution is 7.77. The largest absolute Gasteiger partial charge is 0.294 e. The molecule has 74 valence electrons. The molecule has 0 aromatic carbocycles. The van der Waals surface area contributed by atoms with Crippen LogP contribution < -0.4 is 4.72 Å². The van der Waals surface area contributed by atoms with Crippen molar-refractivity contribution in [2.75, 3.05) is 0 Å². The van der Waals surface area contributed by atoms with Crippen molar-refractivity contribution >= 4 is 11.3 Å². The van der Waals surface area contributed by atoms with E-state index in [0.717, 1.165) is 6.42 Å². The summed E-state index contributed by atoms with van der Waals surface area (Å²) in [6.07, 6.45) is 0.853. The van der Waals surface area contributed by atoms with Crippen molar-refractivity contribution in [3.8, 4) is 0 Å². The summed E-state index contributed by atoms with van der Waals surface area (Å²) in [5, 5.41) is 0. The third-order valence-corrected chi connectivity index (χ3v) is 2.06.